The number of amides is 3. The van der Waals surface area contributed by atoms with Crippen molar-refractivity contribution in [2.45, 2.75) is 26.3 Å². The van der Waals surface area contributed by atoms with E-state index in [1.807, 2.05) is 56.3 Å². The number of ether oxygens (including phenoxy) is 1. The molecule has 136 valence electrons. The summed E-state index contributed by atoms with van der Waals surface area (Å²) in [6.07, 6.45) is 0.284. The molecule has 2 aromatic rings. The quantitative estimate of drug-likeness (QED) is 0.886. The van der Waals surface area contributed by atoms with E-state index in [-0.39, 0.29) is 24.4 Å². The Hall–Kier alpha value is -3.02. The summed E-state index contributed by atoms with van der Waals surface area (Å²) in [5.41, 5.74) is 3.72. The van der Waals surface area contributed by atoms with Crippen LogP contribution in [-0.2, 0) is 4.79 Å². The third kappa shape index (κ3) is 4.14. The number of urea groups is 1. The van der Waals surface area contributed by atoms with E-state index in [9.17, 15) is 9.59 Å². The second kappa shape index (κ2) is 7.47. The molecule has 6 heteroatoms. The molecule has 1 saturated heterocycles. The van der Waals surface area contributed by atoms with Crippen molar-refractivity contribution in [3.63, 3.8) is 0 Å². The van der Waals surface area contributed by atoms with Crippen LogP contribution in [0.3, 0.4) is 0 Å². The number of hydrogen-bond donors (Lipinski definition) is 2. The molecule has 2 aromatic carbocycles. The summed E-state index contributed by atoms with van der Waals surface area (Å²) in [5, 5.41) is 5.72. The van der Waals surface area contributed by atoms with Crippen LogP contribution < -0.4 is 20.3 Å². The first-order valence-electron chi connectivity index (χ1n) is 8.55. The topological polar surface area (TPSA) is 70.7 Å². The standard InChI is InChI=1S/C20H23N3O3/c1-13-8-14(2)10-15(9-13)21-20(25)22-16-11-19(24)23(12-16)17-4-6-18(26-3)7-5-17/h4-10,16H,11-12H2,1-3H3,(H2,21,22,25)/t16-/m1/s1. The Labute approximate surface area is 153 Å². The van der Waals surface area contributed by atoms with E-state index >= 15 is 0 Å². The van der Waals surface area contributed by atoms with Gasteiger partial charge in [0.05, 0.1) is 13.2 Å². The highest BCUT2D eigenvalue weighted by Gasteiger charge is 2.31. The summed E-state index contributed by atoms with van der Waals surface area (Å²) in [5.74, 6) is 0.731. The average Bonchev–Trinajstić information content (AvgIpc) is 2.94. The lowest BCUT2D eigenvalue weighted by atomic mass is 10.1. The molecular weight excluding hydrogens is 330 g/mol. The zero-order valence-corrected chi connectivity index (χ0v) is 15.2. The lowest BCUT2D eigenvalue weighted by molar-refractivity contribution is -0.117. The molecule has 3 rings (SSSR count). The predicted octanol–water partition coefficient (Wildman–Crippen LogP) is 3.24. The molecule has 2 N–H and O–H groups in total. The summed E-state index contributed by atoms with van der Waals surface area (Å²) in [7, 11) is 1.60. The highest BCUT2D eigenvalue weighted by Crippen LogP contribution is 2.24. The number of anilines is 2. The fourth-order valence-corrected chi connectivity index (χ4v) is 3.22. The van der Waals surface area contributed by atoms with E-state index < -0.39 is 0 Å². The second-order valence-corrected chi connectivity index (χ2v) is 6.58. The Morgan fingerprint density at radius 1 is 1.12 bits per heavy atom. The van der Waals surface area contributed by atoms with Crippen molar-refractivity contribution in [2.75, 3.05) is 23.9 Å². The molecule has 0 saturated carbocycles. The molecule has 1 aliphatic rings. The number of methoxy groups -OCH3 is 1. The van der Waals surface area contributed by atoms with Crippen molar-refractivity contribution >= 4 is 23.3 Å². The van der Waals surface area contributed by atoms with Gasteiger partial charge in [0.15, 0.2) is 0 Å². The SMILES string of the molecule is COc1ccc(N2C[C@H](NC(=O)Nc3cc(C)cc(C)c3)CC2=O)cc1. The minimum Gasteiger partial charge on any atom is -0.497 e. The van der Waals surface area contributed by atoms with Crippen molar-refractivity contribution < 1.29 is 14.3 Å². The van der Waals surface area contributed by atoms with E-state index in [1.165, 1.54) is 0 Å². The number of carbonyl (C=O) groups excluding carboxylic acids is 2. The summed E-state index contributed by atoms with van der Waals surface area (Å²) in [6.45, 7) is 4.42. The molecule has 26 heavy (non-hydrogen) atoms. The molecule has 1 fully saturated rings. The summed E-state index contributed by atoms with van der Waals surface area (Å²) in [6, 6.07) is 12.7. The van der Waals surface area contributed by atoms with Gasteiger partial charge in [0, 0.05) is 24.3 Å². The highest BCUT2D eigenvalue weighted by atomic mass is 16.5. The van der Waals surface area contributed by atoms with Crippen molar-refractivity contribution in [2.24, 2.45) is 0 Å². The number of carbonyl (C=O) groups is 2. The minimum absolute atomic E-state index is 0.00753. The van der Waals surface area contributed by atoms with Crippen LogP contribution in [0.1, 0.15) is 17.5 Å². The second-order valence-electron chi connectivity index (χ2n) is 6.58. The smallest absolute Gasteiger partial charge is 0.319 e. The molecule has 1 aliphatic heterocycles. The molecule has 3 amide bonds. The normalized spacial score (nSPS) is 16.5. The number of hydrogen-bond acceptors (Lipinski definition) is 3. The van der Waals surface area contributed by atoms with Gasteiger partial charge in [0.1, 0.15) is 5.75 Å². The number of nitrogens with one attached hydrogen (secondary N) is 2. The fraction of sp³-hybridized carbons (Fsp3) is 0.300. The predicted molar refractivity (Wildman–Crippen MR) is 102 cm³/mol. The maximum Gasteiger partial charge on any atom is 0.319 e. The van der Waals surface area contributed by atoms with Crippen LogP contribution in [0.5, 0.6) is 5.75 Å². The van der Waals surface area contributed by atoms with Gasteiger partial charge in [-0.2, -0.15) is 0 Å². The Morgan fingerprint density at radius 3 is 2.38 bits per heavy atom. The van der Waals surface area contributed by atoms with E-state index in [4.69, 9.17) is 4.74 Å². The first-order chi connectivity index (χ1) is 12.4. The molecular formula is C20H23N3O3. The average molecular weight is 353 g/mol. The van der Waals surface area contributed by atoms with Crippen LogP contribution in [-0.4, -0.2) is 31.6 Å². The van der Waals surface area contributed by atoms with E-state index in [2.05, 4.69) is 10.6 Å². The number of aryl methyl sites for hydroxylation is 2. The maximum atomic E-state index is 12.3. The fourth-order valence-electron chi connectivity index (χ4n) is 3.22. The summed E-state index contributed by atoms with van der Waals surface area (Å²) >= 11 is 0. The molecule has 6 nitrogen and oxygen atoms in total. The van der Waals surface area contributed by atoms with Crippen LogP contribution in [0.4, 0.5) is 16.2 Å². The molecule has 0 aliphatic carbocycles. The van der Waals surface area contributed by atoms with Crippen molar-refractivity contribution in [3.05, 3.63) is 53.6 Å². The third-order valence-corrected chi connectivity index (χ3v) is 4.32. The largest absolute Gasteiger partial charge is 0.497 e. The van der Waals surface area contributed by atoms with Crippen LogP contribution in [0, 0.1) is 13.8 Å². The van der Waals surface area contributed by atoms with E-state index in [0.717, 1.165) is 28.3 Å². The minimum atomic E-state index is -0.301. The zero-order valence-electron chi connectivity index (χ0n) is 15.2. The maximum absolute atomic E-state index is 12.3. The molecule has 0 bridgehead atoms. The Kier molecular flexibility index (Phi) is 5.11. The van der Waals surface area contributed by atoms with Crippen LogP contribution in [0.25, 0.3) is 0 Å². The van der Waals surface area contributed by atoms with Gasteiger partial charge in [-0.1, -0.05) is 6.07 Å². The van der Waals surface area contributed by atoms with Gasteiger partial charge in [0.25, 0.3) is 0 Å². The Balaban J connectivity index is 1.60. The van der Waals surface area contributed by atoms with E-state index in [0.29, 0.717) is 6.54 Å². The Morgan fingerprint density at radius 2 is 1.77 bits per heavy atom. The van der Waals surface area contributed by atoms with Crippen LogP contribution in [0.15, 0.2) is 42.5 Å². The molecule has 0 spiro atoms. The molecule has 0 unspecified atom stereocenters. The first-order valence-corrected chi connectivity index (χ1v) is 8.55. The molecule has 0 radical (unpaired) electrons. The highest BCUT2D eigenvalue weighted by molar-refractivity contribution is 5.97. The van der Waals surface area contributed by atoms with Gasteiger partial charge >= 0.3 is 6.03 Å². The van der Waals surface area contributed by atoms with Crippen molar-refractivity contribution in [1.29, 1.82) is 0 Å². The summed E-state index contributed by atoms with van der Waals surface area (Å²) < 4.78 is 5.14. The van der Waals surface area contributed by atoms with Gasteiger partial charge in [-0.15, -0.1) is 0 Å². The number of nitrogens with zero attached hydrogens (tertiary/aromatic N) is 1. The van der Waals surface area contributed by atoms with Gasteiger partial charge < -0.3 is 20.3 Å². The third-order valence-electron chi connectivity index (χ3n) is 4.32. The zero-order chi connectivity index (χ0) is 18.7. The Bertz CT molecular complexity index is 797. The molecule has 1 atom stereocenters. The summed E-state index contributed by atoms with van der Waals surface area (Å²) in [4.78, 5) is 26.2. The van der Waals surface area contributed by atoms with Crippen molar-refractivity contribution in [3.8, 4) is 5.75 Å². The number of benzene rings is 2. The lowest BCUT2D eigenvalue weighted by Gasteiger charge is -2.18. The van der Waals surface area contributed by atoms with Gasteiger partial charge in [-0.3, -0.25) is 4.79 Å². The molecule has 1 heterocycles. The lowest BCUT2D eigenvalue weighted by Crippen LogP contribution is -2.39. The van der Waals surface area contributed by atoms with Gasteiger partial charge in [-0.25, -0.2) is 4.79 Å². The van der Waals surface area contributed by atoms with Gasteiger partial charge in [-0.05, 0) is 61.4 Å². The monoisotopic (exact) mass is 353 g/mol. The van der Waals surface area contributed by atoms with Gasteiger partial charge in [0.2, 0.25) is 5.91 Å². The molecule has 0 aromatic heterocycles. The van der Waals surface area contributed by atoms with Crippen molar-refractivity contribution in [1.82, 2.24) is 5.32 Å². The van der Waals surface area contributed by atoms with E-state index in [1.54, 1.807) is 12.0 Å². The first kappa shape index (κ1) is 17.8. The number of rotatable bonds is 4. The van der Waals surface area contributed by atoms with Crippen LogP contribution >= 0.6 is 0 Å². The van der Waals surface area contributed by atoms with Crippen LogP contribution in [0.2, 0.25) is 0 Å².